The van der Waals surface area contributed by atoms with Gasteiger partial charge in [-0.05, 0) is 42.5 Å². The number of piperazine rings is 1. The molecular formula is C19H27N3O3S. The van der Waals surface area contributed by atoms with Crippen LogP contribution in [0, 0.1) is 5.92 Å². The molecule has 1 aliphatic heterocycles. The first-order valence-corrected chi connectivity index (χ1v) is 10.8. The third kappa shape index (κ3) is 4.86. The van der Waals surface area contributed by atoms with Gasteiger partial charge in [0, 0.05) is 38.4 Å². The van der Waals surface area contributed by atoms with Crippen LogP contribution in [0.15, 0.2) is 36.9 Å². The molecule has 1 aromatic carbocycles. The van der Waals surface area contributed by atoms with Gasteiger partial charge in [-0.3, -0.25) is 4.79 Å². The number of rotatable bonds is 7. The van der Waals surface area contributed by atoms with Gasteiger partial charge in [0.25, 0.3) is 0 Å². The molecule has 1 aromatic rings. The van der Waals surface area contributed by atoms with Gasteiger partial charge >= 0.3 is 0 Å². The molecule has 0 unspecified atom stereocenters. The molecule has 0 aromatic heterocycles. The molecule has 3 rings (SSSR count). The normalized spacial score (nSPS) is 18.5. The maximum Gasteiger partial charge on any atom is 0.246 e. The van der Waals surface area contributed by atoms with Gasteiger partial charge in [0.05, 0.1) is 5.75 Å². The predicted octanol–water partition coefficient (Wildman–Crippen LogP) is 1.74. The largest absolute Gasteiger partial charge is 0.368 e. The number of anilines is 1. The molecule has 0 radical (unpaired) electrons. The zero-order valence-corrected chi connectivity index (χ0v) is 15.9. The minimum atomic E-state index is -3.19. The molecule has 142 valence electrons. The summed E-state index contributed by atoms with van der Waals surface area (Å²) in [5, 5.41) is 0. The maximum atomic E-state index is 12.1. The Morgan fingerprint density at radius 3 is 2.35 bits per heavy atom. The van der Waals surface area contributed by atoms with Crippen LogP contribution in [0.3, 0.4) is 0 Å². The highest BCUT2D eigenvalue weighted by Crippen LogP contribution is 2.27. The molecule has 6 nitrogen and oxygen atoms in total. The molecule has 1 saturated carbocycles. The molecule has 1 aliphatic carbocycles. The Bertz CT molecular complexity index is 734. The van der Waals surface area contributed by atoms with Crippen molar-refractivity contribution in [1.29, 1.82) is 0 Å². The fraction of sp³-hybridized carbons (Fsp3) is 0.526. The molecule has 0 bridgehead atoms. The number of carbonyl (C=O) groups is 1. The Morgan fingerprint density at radius 1 is 1.15 bits per heavy atom. The lowest BCUT2D eigenvalue weighted by Crippen LogP contribution is -2.48. The van der Waals surface area contributed by atoms with Crippen LogP contribution >= 0.6 is 0 Å². The summed E-state index contributed by atoms with van der Waals surface area (Å²) < 4.78 is 26.8. The molecule has 0 atom stereocenters. The Morgan fingerprint density at radius 2 is 1.81 bits per heavy atom. The van der Waals surface area contributed by atoms with Crippen LogP contribution in [0.1, 0.15) is 24.8 Å². The SMILES string of the molecule is C=CC(=O)N1CCN(c2ccc(CNS(=O)(=O)CC3CCC3)cc2)CC1. The maximum absolute atomic E-state index is 12.1. The topological polar surface area (TPSA) is 69.7 Å². The summed E-state index contributed by atoms with van der Waals surface area (Å²) in [6.45, 7) is 6.80. The number of hydrogen-bond acceptors (Lipinski definition) is 4. The van der Waals surface area contributed by atoms with E-state index in [0.29, 0.717) is 25.6 Å². The van der Waals surface area contributed by atoms with Crippen molar-refractivity contribution >= 4 is 21.6 Å². The van der Waals surface area contributed by atoms with E-state index in [1.54, 1.807) is 4.90 Å². The summed E-state index contributed by atoms with van der Waals surface area (Å²) in [5.41, 5.74) is 2.04. The Kier molecular flexibility index (Phi) is 5.98. The van der Waals surface area contributed by atoms with Crippen LogP contribution in [0.5, 0.6) is 0 Å². The Balaban J connectivity index is 1.49. The molecular weight excluding hydrogens is 350 g/mol. The van der Waals surface area contributed by atoms with E-state index in [1.807, 2.05) is 24.3 Å². The summed E-state index contributed by atoms with van der Waals surface area (Å²) in [7, 11) is -3.19. The minimum Gasteiger partial charge on any atom is -0.368 e. The van der Waals surface area contributed by atoms with Gasteiger partial charge in [-0.15, -0.1) is 0 Å². The third-order valence-corrected chi connectivity index (χ3v) is 6.74. The van der Waals surface area contributed by atoms with Gasteiger partial charge in [0.15, 0.2) is 0 Å². The van der Waals surface area contributed by atoms with Gasteiger partial charge in [-0.2, -0.15) is 0 Å². The third-order valence-electron chi connectivity index (χ3n) is 5.24. The molecule has 1 amide bonds. The van der Waals surface area contributed by atoms with E-state index in [9.17, 15) is 13.2 Å². The van der Waals surface area contributed by atoms with Crippen molar-refractivity contribution in [3.05, 3.63) is 42.5 Å². The van der Waals surface area contributed by atoms with Crippen LogP contribution < -0.4 is 9.62 Å². The van der Waals surface area contributed by atoms with Crippen LogP contribution in [0.25, 0.3) is 0 Å². The smallest absolute Gasteiger partial charge is 0.246 e. The number of hydrogen-bond donors (Lipinski definition) is 1. The van der Waals surface area contributed by atoms with Crippen molar-refractivity contribution in [2.75, 3.05) is 36.8 Å². The van der Waals surface area contributed by atoms with Crippen molar-refractivity contribution < 1.29 is 13.2 Å². The number of benzene rings is 1. The molecule has 2 aliphatic rings. The number of amides is 1. The van der Waals surface area contributed by atoms with Crippen LogP contribution in [0.4, 0.5) is 5.69 Å². The second-order valence-corrected chi connectivity index (χ2v) is 8.93. The Hall–Kier alpha value is -1.86. The lowest BCUT2D eigenvalue weighted by Gasteiger charge is -2.35. The number of nitrogens with one attached hydrogen (secondary N) is 1. The number of nitrogens with zero attached hydrogens (tertiary/aromatic N) is 2. The van der Waals surface area contributed by atoms with Crippen molar-refractivity contribution in [3.63, 3.8) is 0 Å². The fourth-order valence-corrected chi connectivity index (χ4v) is 4.82. The first kappa shape index (κ1) is 18.9. The van der Waals surface area contributed by atoms with Gasteiger partial charge in [0.2, 0.25) is 15.9 Å². The number of carbonyl (C=O) groups excluding carboxylic acids is 1. The molecule has 1 heterocycles. The first-order chi connectivity index (χ1) is 12.5. The second kappa shape index (κ2) is 8.22. The van der Waals surface area contributed by atoms with Crippen LogP contribution in [-0.2, 0) is 21.4 Å². The second-order valence-electron chi connectivity index (χ2n) is 7.08. The molecule has 26 heavy (non-hydrogen) atoms. The monoisotopic (exact) mass is 377 g/mol. The van der Waals surface area contributed by atoms with E-state index in [4.69, 9.17) is 0 Å². The fourth-order valence-electron chi connectivity index (χ4n) is 3.36. The van der Waals surface area contributed by atoms with Crippen molar-refractivity contribution in [2.45, 2.75) is 25.8 Å². The molecule has 2 fully saturated rings. The van der Waals surface area contributed by atoms with Gasteiger partial charge in [-0.25, -0.2) is 13.1 Å². The van der Waals surface area contributed by atoms with Crippen LogP contribution in [0.2, 0.25) is 0 Å². The van der Waals surface area contributed by atoms with E-state index in [0.717, 1.165) is 43.6 Å². The van der Waals surface area contributed by atoms with E-state index < -0.39 is 10.0 Å². The minimum absolute atomic E-state index is 0.0193. The molecule has 1 N–H and O–H groups in total. The highest BCUT2D eigenvalue weighted by molar-refractivity contribution is 7.89. The van der Waals surface area contributed by atoms with Crippen molar-refractivity contribution in [2.24, 2.45) is 5.92 Å². The van der Waals surface area contributed by atoms with Gasteiger partial charge in [0.1, 0.15) is 0 Å². The number of sulfonamides is 1. The van der Waals surface area contributed by atoms with Gasteiger partial charge in [-0.1, -0.05) is 25.1 Å². The lowest BCUT2D eigenvalue weighted by molar-refractivity contribution is -0.126. The summed E-state index contributed by atoms with van der Waals surface area (Å²) in [6, 6.07) is 7.95. The first-order valence-electron chi connectivity index (χ1n) is 9.19. The predicted molar refractivity (Wildman–Crippen MR) is 103 cm³/mol. The lowest BCUT2D eigenvalue weighted by atomic mass is 9.87. The van der Waals surface area contributed by atoms with Crippen molar-refractivity contribution in [3.8, 4) is 0 Å². The highest BCUT2D eigenvalue weighted by atomic mass is 32.2. The summed E-state index contributed by atoms with van der Waals surface area (Å²) in [4.78, 5) is 15.7. The van der Waals surface area contributed by atoms with E-state index >= 15 is 0 Å². The standard InChI is InChI=1S/C19H27N3O3S/c1-2-19(23)22-12-10-21(11-13-22)18-8-6-16(7-9-18)14-20-26(24,25)15-17-4-3-5-17/h2,6-9,17,20H,1,3-5,10-15H2. The van der Waals surface area contributed by atoms with Crippen molar-refractivity contribution in [1.82, 2.24) is 9.62 Å². The zero-order valence-electron chi connectivity index (χ0n) is 15.1. The molecule has 0 spiro atoms. The highest BCUT2D eigenvalue weighted by Gasteiger charge is 2.24. The average molecular weight is 378 g/mol. The zero-order chi connectivity index (χ0) is 18.6. The summed E-state index contributed by atoms with van der Waals surface area (Å²) in [5.74, 6) is 0.564. The summed E-state index contributed by atoms with van der Waals surface area (Å²) in [6.07, 6.45) is 4.57. The van der Waals surface area contributed by atoms with Gasteiger partial charge < -0.3 is 9.80 Å². The van der Waals surface area contributed by atoms with E-state index in [2.05, 4.69) is 16.2 Å². The molecule has 7 heteroatoms. The van der Waals surface area contributed by atoms with Crippen LogP contribution in [-0.4, -0.2) is 51.2 Å². The quantitative estimate of drug-likeness (QED) is 0.735. The van der Waals surface area contributed by atoms with E-state index in [1.165, 1.54) is 6.08 Å². The Labute approximate surface area is 155 Å². The summed E-state index contributed by atoms with van der Waals surface area (Å²) >= 11 is 0. The molecule has 1 saturated heterocycles. The average Bonchev–Trinajstić information content (AvgIpc) is 2.63. The van der Waals surface area contributed by atoms with E-state index in [-0.39, 0.29) is 11.7 Å².